The zero-order valence-electron chi connectivity index (χ0n) is 20.6. The molecule has 0 atom stereocenters. The maximum Gasteiger partial charge on any atom is 0.256 e. The summed E-state index contributed by atoms with van der Waals surface area (Å²) in [4.78, 5) is 32.5. The molecular formula is C31H29N3O2. The first-order chi connectivity index (χ1) is 17.5. The average molecular weight is 476 g/mol. The van der Waals surface area contributed by atoms with Gasteiger partial charge in [0.25, 0.3) is 5.91 Å². The largest absolute Gasteiger partial charge is 0.322 e. The van der Waals surface area contributed by atoms with Crippen molar-refractivity contribution in [3.05, 3.63) is 114 Å². The normalized spacial score (nSPS) is 12.5. The molecule has 0 bridgehead atoms. The van der Waals surface area contributed by atoms with Gasteiger partial charge in [0, 0.05) is 35.4 Å². The summed E-state index contributed by atoms with van der Waals surface area (Å²) in [5, 5.41) is 3.10. The predicted octanol–water partition coefficient (Wildman–Crippen LogP) is 6.26. The number of amides is 2. The molecule has 5 rings (SSSR count). The van der Waals surface area contributed by atoms with Crippen molar-refractivity contribution in [2.24, 2.45) is 0 Å². The van der Waals surface area contributed by atoms with Gasteiger partial charge >= 0.3 is 0 Å². The van der Waals surface area contributed by atoms with E-state index < -0.39 is 0 Å². The molecule has 0 saturated carbocycles. The average Bonchev–Trinajstić information content (AvgIpc) is 3.33. The molecule has 2 heterocycles. The van der Waals surface area contributed by atoms with Crippen LogP contribution >= 0.6 is 0 Å². The Morgan fingerprint density at radius 2 is 1.75 bits per heavy atom. The lowest BCUT2D eigenvalue weighted by atomic mass is 9.93. The molecule has 0 aliphatic carbocycles. The summed E-state index contributed by atoms with van der Waals surface area (Å²) in [7, 11) is 0. The Balaban J connectivity index is 1.37. The van der Waals surface area contributed by atoms with Gasteiger partial charge in [0.1, 0.15) is 0 Å². The lowest BCUT2D eigenvalue weighted by Gasteiger charge is -2.18. The minimum atomic E-state index is -0.141. The minimum absolute atomic E-state index is 0.0299. The molecule has 0 radical (unpaired) electrons. The van der Waals surface area contributed by atoms with E-state index in [1.54, 1.807) is 6.20 Å². The van der Waals surface area contributed by atoms with Crippen LogP contribution in [-0.4, -0.2) is 23.3 Å². The van der Waals surface area contributed by atoms with Crippen molar-refractivity contribution in [3.8, 4) is 11.1 Å². The molecule has 36 heavy (non-hydrogen) atoms. The van der Waals surface area contributed by atoms with Gasteiger partial charge in [0.2, 0.25) is 5.91 Å². The number of nitrogens with one attached hydrogen (secondary N) is 1. The summed E-state index contributed by atoms with van der Waals surface area (Å²) < 4.78 is 0. The van der Waals surface area contributed by atoms with E-state index in [-0.39, 0.29) is 18.2 Å². The van der Waals surface area contributed by atoms with Crippen LogP contribution in [0.25, 0.3) is 11.1 Å². The highest BCUT2D eigenvalue weighted by molar-refractivity contribution is 6.09. The molecule has 1 aliphatic rings. The molecule has 1 aliphatic heterocycles. The van der Waals surface area contributed by atoms with E-state index >= 15 is 0 Å². The number of hydrogen-bond acceptors (Lipinski definition) is 3. The lowest BCUT2D eigenvalue weighted by molar-refractivity contribution is -0.117. The Morgan fingerprint density at radius 1 is 0.944 bits per heavy atom. The van der Waals surface area contributed by atoms with Crippen LogP contribution in [0.4, 0.5) is 11.4 Å². The number of hydrogen-bond donors (Lipinski definition) is 1. The molecule has 4 aromatic rings. The van der Waals surface area contributed by atoms with Crippen molar-refractivity contribution in [3.63, 3.8) is 0 Å². The minimum Gasteiger partial charge on any atom is -0.322 e. The van der Waals surface area contributed by atoms with Gasteiger partial charge in [-0.25, -0.2) is 0 Å². The SMILES string of the molecule is CC(C)c1ccc(-c2ccccc2)c(C(=O)Nc2ccc3c(c2)CCN3C(=O)Cc2ccccn2)c1. The Kier molecular flexibility index (Phi) is 6.63. The van der Waals surface area contributed by atoms with Crippen LogP contribution in [0.1, 0.15) is 46.9 Å². The van der Waals surface area contributed by atoms with Crippen LogP contribution in [0.15, 0.2) is 91.1 Å². The molecule has 0 spiro atoms. The monoisotopic (exact) mass is 475 g/mol. The third-order valence-electron chi connectivity index (χ3n) is 6.63. The molecule has 0 unspecified atom stereocenters. The van der Waals surface area contributed by atoms with E-state index in [9.17, 15) is 9.59 Å². The fourth-order valence-corrected chi connectivity index (χ4v) is 4.67. The van der Waals surface area contributed by atoms with Gasteiger partial charge in [0.05, 0.1) is 6.42 Å². The zero-order chi connectivity index (χ0) is 25.1. The zero-order valence-corrected chi connectivity index (χ0v) is 20.6. The molecule has 1 N–H and O–H groups in total. The summed E-state index contributed by atoms with van der Waals surface area (Å²) in [6, 6.07) is 27.5. The summed E-state index contributed by atoms with van der Waals surface area (Å²) in [6.07, 6.45) is 2.73. The molecule has 1 aromatic heterocycles. The number of anilines is 2. The highest BCUT2D eigenvalue weighted by Crippen LogP contribution is 2.32. The second-order valence-electron chi connectivity index (χ2n) is 9.42. The summed E-state index contributed by atoms with van der Waals surface area (Å²) in [5.41, 5.74) is 7.14. The summed E-state index contributed by atoms with van der Waals surface area (Å²) >= 11 is 0. The number of aromatic nitrogens is 1. The summed E-state index contributed by atoms with van der Waals surface area (Å²) in [6.45, 7) is 4.88. The van der Waals surface area contributed by atoms with Crippen molar-refractivity contribution < 1.29 is 9.59 Å². The molecule has 0 fully saturated rings. The number of carbonyl (C=O) groups excluding carboxylic acids is 2. The second kappa shape index (κ2) is 10.2. The topological polar surface area (TPSA) is 62.3 Å². The Morgan fingerprint density at radius 3 is 2.50 bits per heavy atom. The Hall–Kier alpha value is -4.25. The van der Waals surface area contributed by atoms with E-state index in [1.807, 2.05) is 83.8 Å². The fraction of sp³-hybridized carbons (Fsp3) is 0.194. The van der Waals surface area contributed by atoms with Crippen molar-refractivity contribution in [1.29, 1.82) is 0 Å². The van der Waals surface area contributed by atoms with Gasteiger partial charge in [-0.3, -0.25) is 14.6 Å². The molecular weight excluding hydrogens is 446 g/mol. The van der Waals surface area contributed by atoms with Crippen molar-refractivity contribution in [1.82, 2.24) is 4.98 Å². The van der Waals surface area contributed by atoms with Gasteiger partial charge < -0.3 is 10.2 Å². The quantitative estimate of drug-likeness (QED) is 0.358. The number of pyridine rings is 1. The molecule has 2 amide bonds. The summed E-state index contributed by atoms with van der Waals surface area (Å²) in [5.74, 6) is 0.204. The van der Waals surface area contributed by atoms with Crippen LogP contribution in [0.3, 0.4) is 0 Å². The predicted molar refractivity (Wildman–Crippen MR) is 144 cm³/mol. The standard InChI is InChI=1S/C31H29N3O2/c1-21(2)23-11-13-27(22-8-4-3-5-9-22)28(19-23)31(36)33-26-12-14-29-24(18-26)15-17-34(29)30(35)20-25-10-6-7-16-32-25/h3-14,16,18-19,21H,15,17,20H2,1-2H3,(H,33,36). The van der Waals surface area contributed by atoms with Crippen molar-refractivity contribution >= 4 is 23.2 Å². The van der Waals surface area contributed by atoms with Crippen LogP contribution < -0.4 is 10.2 Å². The van der Waals surface area contributed by atoms with Gasteiger partial charge in [-0.15, -0.1) is 0 Å². The lowest BCUT2D eigenvalue weighted by Crippen LogP contribution is -2.30. The number of benzene rings is 3. The van der Waals surface area contributed by atoms with Gasteiger partial charge in [-0.1, -0.05) is 62.4 Å². The van der Waals surface area contributed by atoms with Crippen LogP contribution in [0.2, 0.25) is 0 Å². The van der Waals surface area contributed by atoms with Crippen LogP contribution in [0, 0.1) is 0 Å². The van der Waals surface area contributed by atoms with Gasteiger partial charge in [-0.05, 0) is 71.0 Å². The molecule has 0 saturated heterocycles. The van der Waals surface area contributed by atoms with Crippen molar-refractivity contribution in [2.75, 3.05) is 16.8 Å². The molecule has 3 aromatic carbocycles. The first-order valence-corrected chi connectivity index (χ1v) is 12.3. The van der Waals surface area contributed by atoms with E-state index in [0.717, 1.165) is 45.7 Å². The third-order valence-corrected chi connectivity index (χ3v) is 6.63. The maximum atomic E-state index is 13.5. The first kappa shape index (κ1) is 23.5. The third kappa shape index (κ3) is 4.91. The molecule has 5 heteroatoms. The van der Waals surface area contributed by atoms with Crippen LogP contribution in [-0.2, 0) is 17.6 Å². The first-order valence-electron chi connectivity index (χ1n) is 12.3. The fourth-order valence-electron chi connectivity index (χ4n) is 4.67. The smallest absolute Gasteiger partial charge is 0.256 e. The number of carbonyl (C=O) groups is 2. The Bertz CT molecular complexity index is 1400. The highest BCUT2D eigenvalue weighted by atomic mass is 16.2. The van der Waals surface area contributed by atoms with E-state index in [0.29, 0.717) is 18.0 Å². The maximum absolute atomic E-state index is 13.5. The second-order valence-corrected chi connectivity index (χ2v) is 9.42. The van der Waals surface area contributed by atoms with Gasteiger partial charge in [-0.2, -0.15) is 0 Å². The highest BCUT2D eigenvalue weighted by Gasteiger charge is 2.25. The Labute approximate surface area is 211 Å². The van der Waals surface area contributed by atoms with Crippen molar-refractivity contribution in [2.45, 2.75) is 32.6 Å². The number of rotatable bonds is 6. The number of nitrogens with zero attached hydrogens (tertiary/aromatic N) is 2. The van der Waals surface area contributed by atoms with E-state index in [2.05, 4.69) is 30.2 Å². The number of fused-ring (bicyclic) bond motifs is 1. The molecule has 180 valence electrons. The molecule has 5 nitrogen and oxygen atoms in total. The van der Waals surface area contributed by atoms with E-state index in [4.69, 9.17) is 0 Å². The van der Waals surface area contributed by atoms with Crippen LogP contribution in [0.5, 0.6) is 0 Å². The van der Waals surface area contributed by atoms with Gasteiger partial charge in [0.15, 0.2) is 0 Å². The van der Waals surface area contributed by atoms with E-state index in [1.165, 1.54) is 0 Å².